The SMILES string of the molecule is CCC(C)N(Cc1ccccc1)C(=O)CCNC(C)C. The lowest BCUT2D eigenvalue weighted by atomic mass is 10.1. The van der Waals surface area contributed by atoms with Crippen molar-refractivity contribution in [2.45, 2.75) is 59.2 Å². The van der Waals surface area contributed by atoms with E-state index in [1.54, 1.807) is 0 Å². The molecule has 0 fully saturated rings. The predicted octanol–water partition coefficient (Wildman–Crippen LogP) is 3.20. The van der Waals surface area contributed by atoms with Crippen LogP contribution in [0.5, 0.6) is 0 Å². The average molecular weight is 276 g/mol. The van der Waals surface area contributed by atoms with E-state index in [0.717, 1.165) is 13.0 Å². The fourth-order valence-electron chi connectivity index (χ4n) is 2.10. The van der Waals surface area contributed by atoms with Crippen molar-refractivity contribution in [1.29, 1.82) is 0 Å². The highest BCUT2D eigenvalue weighted by molar-refractivity contribution is 5.76. The van der Waals surface area contributed by atoms with Crippen molar-refractivity contribution in [1.82, 2.24) is 10.2 Å². The number of benzene rings is 1. The molecule has 1 N–H and O–H groups in total. The van der Waals surface area contributed by atoms with Crippen LogP contribution in [0.3, 0.4) is 0 Å². The van der Waals surface area contributed by atoms with Crippen molar-refractivity contribution in [3.8, 4) is 0 Å². The second-order valence-electron chi connectivity index (χ2n) is 5.62. The molecule has 0 aliphatic carbocycles. The van der Waals surface area contributed by atoms with Gasteiger partial charge in [0.1, 0.15) is 0 Å². The van der Waals surface area contributed by atoms with Crippen LogP contribution >= 0.6 is 0 Å². The minimum absolute atomic E-state index is 0.233. The molecular weight excluding hydrogens is 248 g/mol. The molecule has 20 heavy (non-hydrogen) atoms. The molecule has 0 radical (unpaired) electrons. The van der Waals surface area contributed by atoms with Crippen LogP contribution in [0.4, 0.5) is 0 Å². The fraction of sp³-hybridized carbons (Fsp3) is 0.588. The van der Waals surface area contributed by atoms with Gasteiger partial charge in [-0.2, -0.15) is 0 Å². The highest BCUT2D eigenvalue weighted by Gasteiger charge is 2.18. The van der Waals surface area contributed by atoms with Crippen LogP contribution in [-0.4, -0.2) is 29.4 Å². The Hall–Kier alpha value is -1.35. The van der Waals surface area contributed by atoms with Gasteiger partial charge in [0.25, 0.3) is 0 Å². The highest BCUT2D eigenvalue weighted by atomic mass is 16.2. The summed E-state index contributed by atoms with van der Waals surface area (Å²) in [5, 5.41) is 3.30. The third kappa shape index (κ3) is 5.74. The van der Waals surface area contributed by atoms with Crippen molar-refractivity contribution in [3.05, 3.63) is 35.9 Å². The second kappa shape index (κ2) is 8.75. The molecule has 0 aliphatic heterocycles. The standard InChI is InChI=1S/C17H28N2O/c1-5-15(4)19(13-16-9-7-6-8-10-16)17(20)11-12-18-14(2)3/h6-10,14-15,18H,5,11-13H2,1-4H3. The quantitative estimate of drug-likeness (QED) is 0.791. The second-order valence-corrected chi connectivity index (χ2v) is 5.62. The van der Waals surface area contributed by atoms with E-state index in [2.05, 4.69) is 45.1 Å². The average Bonchev–Trinajstić information content (AvgIpc) is 2.44. The van der Waals surface area contributed by atoms with Gasteiger partial charge in [0, 0.05) is 31.6 Å². The summed E-state index contributed by atoms with van der Waals surface area (Å²) in [5.74, 6) is 0.233. The number of rotatable bonds is 8. The van der Waals surface area contributed by atoms with Crippen LogP contribution in [0, 0.1) is 0 Å². The molecule has 0 spiro atoms. The Morgan fingerprint density at radius 2 is 1.85 bits per heavy atom. The summed E-state index contributed by atoms with van der Waals surface area (Å²) in [5.41, 5.74) is 1.19. The van der Waals surface area contributed by atoms with E-state index >= 15 is 0 Å². The monoisotopic (exact) mass is 276 g/mol. The van der Waals surface area contributed by atoms with Crippen molar-refractivity contribution in [2.24, 2.45) is 0 Å². The topological polar surface area (TPSA) is 32.3 Å². The molecule has 1 rings (SSSR count). The van der Waals surface area contributed by atoms with Gasteiger partial charge in [0.05, 0.1) is 0 Å². The molecule has 1 aromatic rings. The van der Waals surface area contributed by atoms with Crippen molar-refractivity contribution >= 4 is 5.91 Å². The van der Waals surface area contributed by atoms with Crippen molar-refractivity contribution < 1.29 is 4.79 Å². The van der Waals surface area contributed by atoms with Gasteiger partial charge in [-0.15, -0.1) is 0 Å². The summed E-state index contributed by atoms with van der Waals surface area (Å²) in [6.07, 6.45) is 1.55. The first kappa shape index (κ1) is 16.7. The Morgan fingerprint density at radius 3 is 2.40 bits per heavy atom. The molecule has 0 bridgehead atoms. The van der Waals surface area contributed by atoms with Crippen LogP contribution in [0.25, 0.3) is 0 Å². The molecule has 0 saturated heterocycles. The number of amides is 1. The summed E-state index contributed by atoms with van der Waals surface area (Å²) in [7, 11) is 0. The summed E-state index contributed by atoms with van der Waals surface area (Å²) in [6.45, 7) is 9.90. The largest absolute Gasteiger partial charge is 0.336 e. The molecule has 0 aromatic heterocycles. The summed E-state index contributed by atoms with van der Waals surface area (Å²) in [6, 6.07) is 10.9. The normalized spacial score (nSPS) is 12.4. The van der Waals surface area contributed by atoms with Crippen LogP contribution in [-0.2, 0) is 11.3 Å². The molecule has 0 heterocycles. The van der Waals surface area contributed by atoms with E-state index in [4.69, 9.17) is 0 Å². The first-order chi connectivity index (χ1) is 9.54. The first-order valence-corrected chi connectivity index (χ1v) is 7.61. The number of hydrogen-bond donors (Lipinski definition) is 1. The maximum atomic E-state index is 12.4. The van der Waals surface area contributed by atoms with Gasteiger partial charge < -0.3 is 10.2 Å². The maximum absolute atomic E-state index is 12.4. The van der Waals surface area contributed by atoms with Gasteiger partial charge >= 0.3 is 0 Å². The van der Waals surface area contributed by atoms with E-state index in [9.17, 15) is 4.79 Å². The zero-order valence-electron chi connectivity index (χ0n) is 13.2. The molecule has 1 unspecified atom stereocenters. The van der Waals surface area contributed by atoms with E-state index in [1.165, 1.54) is 5.56 Å². The Morgan fingerprint density at radius 1 is 1.20 bits per heavy atom. The molecule has 1 amide bonds. The molecule has 3 heteroatoms. The number of carbonyl (C=O) groups is 1. The maximum Gasteiger partial charge on any atom is 0.224 e. The third-order valence-corrected chi connectivity index (χ3v) is 3.53. The van der Waals surface area contributed by atoms with E-state index < -0.39 is 0 Å². The van der Waals surface area contributed by atoms with E-state index in [0.29, 0.717) is 19.0 Å². The number of nitrogens with zero attached hydrogens (tertiary/aromatic N) is 1. The fourth-order valence-corrected chi connectivity index (χ4v) is 2.10. The Labute approximate surface area is 123 Å². The molecule has 112 valence electrons. The molecule has 1 atom stereocenters. The first-order valence-electron chi connectivity index (χ1n) is 7.61. The minimum atomic E-state index is 0.233. The van der Waals surface area contributed by atoms with E-state index in [1.807, 2.05) is 23.1 Å². The lowest BCUT2D eigenvalue weighted by Crippen LogP contribution is -2.39. The predicted molar refractivity (Wildman–Crippen MR) is 84.5 cm³/mol. The lowest BCUT2D eigenvalue weighted by Gasteiger charge is -2.29. The molecule has 0 aliphatic rings. The number of carbonyl (C=O) groups excluding carboxylic acids is 1. The van der Waals surface area contributed by atoms with Crippen LogP contribution in [0.2, 0.25) is 0 Å². The van der Waals surface area contributed by atoms with Gasteiger partial charge in [-0.05, 0) is 18.9 Å². The molecule has 3 nitrogen and oxygen atoms in total. The third-order valence-electron chi connectivity index (χ3n) is 3.53. The minimum Gasteiger partial charge on any atom is -0.336 e. The van der Waals surface area contributed by atoms with Crippen molar-refractivity contribution in [3.63, 3.8) is 0 Å². The van der Waals surface area contributed by atoms with Gasteiger partial charge in [-0.1, -0.05) is 51.1 Å². The molecule has 0 saturated carbocycles. The highest BCUT2D eigenvalue weighted by Crippen LogP contribution is 2.12. The van der Waals surface area contributed by atoms with Gasteiger partial charge in [0.15, 0.2) is 0 Å². The van der Waals surface area contributed by atoms with Crippen molar-refractivity contribution in [2.75, 3.05) is 6.54 Å². The van der Waals surface area contributed by atoms with E-state index in [-0.39, 0.29) is 11.9 Å². The Kier molecular flexibility index (Phi) is 7.31. The van der Waals surface area contributed by atoms with Gasteiger partial charge in [-0.25, -0.2) is 0 Å². The summed E-state index contributed by atoms with van der Waals surface area (Å²) >= 11 is 0. The zero-order valence-corrected chi connectivity index (χ0v) is 13.2. The summed E-state index contributed by atoms with van der Waals surface area (Å²) < 4.78 is 0. The van der Waals surface area contributed by atoms with Gasteiger partial charge in [0.2, 0.25) is 5.91 Å². The zero-order chi connectivity index (χ0) is 15.0. The Bertz CT molecular complexity index is 389. The van der Waals surface area contributed by atoms with Crippen LogP contribution in [0.1, 0.15) is 46.1 Å². The van der Waals surface area contributed by atoms with Crippen LogP contribution in [0.15, 0.2) is 30.3 Å². The lowest BCUT2D eigenvalue weighted by molar-refractivity contribution is -0.133. The van der Waals surface area contributed by atoms with Crippen LogP contribution < -0.4 is 5.32 Å². The summed E-state index contributed by atoms with van der Waals surface area (Å²) in [4.78, 5) is 14.4. The number of hydrogen-bond acceptors (Lipinski definition) is 2. The Balaban J connectivity index is 2.62. The number of nitrogens with one attached hydrogen (secondary N) is 1. The van der Waals surface area contributed by atoms with Gasteiger partial charge in [-0.3, -0.25) is 4.79 Å². The molecule has 1 aromatic carbocycles. The smallest absolute Gasteiger partial charge is 0.224 e. The molecular formula is C17H28N2O.